The van der Waals surface area contributed by atoms with Crippen molar-refractivity contribution in [3.8, 4) is 0 Å². The van der Waals surface area contributed by atoms with E-state index in [1.165, 1.54) is 0 Å². The number of hydrogen-bond donors (Lipinski definition) is 3. The molecule has 4 heteroatoms. The smallest absolute Gasteiger partial charge is 0.237 e. The molecule has 0 radical (unpaired) electrons. The van der Waals surface area contributed by atoms with Crippen molar-refractivity contribution in [2.24, 2.45) is 11.7 Å². The van der Waals surface area contributed by atoms with E-state index in [1.807, 2.05) is 13.8 Å². The van der Waals surface area contributed by atoms with E-state index >= 15 is 0 Å². The number of carbonyl (C=O) groups is 1. The van der Waals surface area contributed by atoms with Gasteiger partial charge in [0.25, 0.3) is 0 Å². The van der Waals surface area contributed by atoms with Gasteiger partial charge in [0.2, 0.25) is 5.91 Å². The number of nitrogens with two attached hydrogens (primary N) is 1. The molecule has 0 aliphatic heterocycles. The van der Waals surface area contributed by atoms with Gasteiger partial charge in [-0.1, -0.05) is 13.8 Å². The van der Waals surface area contributed by atoms with Gasteiger partial charge in [0, 0.05) is 0 Å². The Balaban J connectivity index is 4.15. The van der Waals surface area contributed by atoms with Crippen LogP contribution in [-0.2, 0) is 4.79 Å². The van der Waals surface area contributed by atoms with Crippen molar-refractivity contribution in [2.75, 3.05) is 6.61 Å². The van der Waals surface area contributed by atoms with Gasteiger partial charge in [0.1, 0.15) is 0 Å². The number of carbonyl (C=O) groups excluding carboxylic acids is 1. The second-order valence-corrected chi connectivity index (χ2v) is 4.30. The molecule has 0 fully saturated rings. The van der Waals surface area contributed by atoms with Crippen molar-refractivity contribution in [1.29, 1.82) is 0 Å². The zero-order valence-electron chi connectivity index (χ0n) is 8.79. The van der Waals surface area contributed by atoms with E-state index in [4.69, 9.17) is 10.8 Å². The van der Waals surface area contributed by atoms with Crippen LogP contribution >= 0.6 is 0 Å². The summed E-state index contributed by atoms with van der Waals surface area (Å²) in [5.74, 6) is -0.108. The van der Waals surface area contributed by atoms with E-state index in [0.29, 0.717) is 0 Å². The third kappa shape index (κ3) is 4.24. The predicted molar refractivity (Wildman–Crippen MR) is 52.1 cm³/mol. The van der Waals surface area contributed by atoms with Crippen LogP contribution in [0.2, 0.25) is 0 Å². The lowest BCUT2D eigenvalue weighted by Gasteiger charge is -2.26. The van der Waals surface area contributed by atoms with E-state index in [1.54, 1.807) is 13.8 Å². The van der Waals surface area contributed by atoms with Crippen LogP contribution in [0.4, 0.5) is 0 Å². The average molecular weight is 188 g/mol. The van der Waals surface area contributed by atoms with Gasteiger partial charge in [-0.25, -0.2) is 0 Å². The fourth-order valence-corrected chi connectivity index (χ4v) is 0.759. The Bertz CT molecular complexity index is 178. The van der Waals surface area contributed by atoms with Crippen molar-refractivity contribution in [2.45, 2.75) is 39.3 Å². The molecule has 0 heterocycles. The predicted octanol–water partition coefficient (Wildman–Crippen LogP) is -0.143. The molecule has 1 atom stereocenters. The summed E-state index contributed by atoms with van der Waals surface area (Å²) in [6.45, 7) is 7.17. The van der Waals surface area contributed by atoms with Crippen LogP contribution in [0, 0.1) is 5.92 Å². The molecule has 0 aliphatic rings. The number of amides is 1. The number of aliphatic hydroxyl groups excluding tert-OH is 1. The Hall–Kier alpha value is -0.610. The minimum Gasteiger partial charge on any atom is -0.394 e. The van der Waals surface area contributed by atoms with Gasteiger partial charge in [-0.3, -0.25) is 4.79 Å². The fraction of sp³-hybridized carbons (Fsp3) is 0.889. The molecule has 0 spiro atoms. The van der Waals surface area contributed by atoms with Crippen molar-refractivity contribution in [1.82, 2.24) is 5.32 Å². The summed E-state index contributed by atoms with van der Waals surface area (Å²) < 4.78 is 0. The van der Waals surface area contributed by atoms with Gasteiger partial charge in [0.05, 0.1) is 18.2 Å². The van der Waals surface area contributed by atoms with Gasteiger partial charge in [-0.15, -0.1) is 0 Å². The lowest BCUT2D eigenvalue weighted by molar-refractivity contribution is -0.125. The Morgan fingerprint density at radius 2 is 2.00 bits per heavy atom. The maximum absolute atomic E-state index is 11.4. The molecular formula is C9H20N2O2. The Kier molecular flexibility index (Phi) is 4.36. The first-order valence-corrected chi connectivity index (χ1v) is 4.48. The molecule has 0 saturated carbocycles. The van der Waals surface area contributed by atoms with Crippen LogP contribution in [0.25, 0.3) is 0 Å². The Morgan fingerprint density at radius 3 is 2.31 bits per heavy atom. The summed E-state index contributed by atoms with van der Waals surface area (Å²) in [6, 6.07) is -0.508. The Morgan fingerprint density at radius 1 is 1.54 bits per heavy atom. The largest absolute Gasteiger partial charge is 0.394 e. The summed E-state index contributed by atoms with van der Waals surface area (Å²) in [5.41, 5.74) is 5.03. The number of aliphatic hydroxyl groups is 1. The van der Waals surface area contributed by atoms with Crippen molar-refractivity contribution in [3.05, 3.63) is 0 Å². The van der Waals surface area contributed by atoms with E-state index in [-0.39, 0.29) is 18.4 Å². The molecule has 0 saturated heterocycles. The van der Waals surface area contributed by atoms with Crippen LogP contribution in [0.15, 0.2) is 0 Å². The fourth-order valence-electron chi connectivity index (χ4n) is 0.759. The quantitative estimate of drug-likeness (QED) is 0.574. The van der Waals surface area contributed by atoms with Gasteiger partial charge >= 0.3 is 0 Å². The van der Waals surface area contributed by atoms with Crippen LogP contribution in [0.3, 0.4) is 0 Å². The number of rotatable bonds is 4. The maximum atomic E-state index is 11.4. The summed E-state index contributed by atoms with van der Waals surface area (Å²) >= 11 is 0. The van der Waals surface area contributed by atoms with E-state index < -0.39 is 11.6 Å². The first-order chi connectivity index (χ1) is 5.80. The number of nitrogens with one attached hydrogen (secondary N) is 1. The normalized spacial score (nSPS) is 14.4. The highest BCUT2D eigenvalue weighted by molar-refractivity contribution is 5.82. The standard InChI is InChI=1S/C9H20N2O2/c1-6(2)7(10)8(13)11-9(3,4)5-12/h6-7,12H,5,10H2,1-4H3,(H,11,13)/t7-/m0/s1. The highest BCUT2D eigenvalue weighted by Crippen LogP contribution is 2.03. The zero-order chi connectivity index (χ0) is 10.6. The van der Waals surface area contributed by atoms with Crippen molar-refractivity contribution in [3.63, 3.8) is 0 Å². The molecule has 78 valence electrons. The Labute approximate surface area is 79.5 Å². The lowest BCUT2D eigenvalue weighted by atomic mass is 10.0. The van der Waals surface area contributed by atoms with Crippen molar-refractivity contribution >= 4 is 5.91 Å². The molecule has 0 aromatic carbocycles. The minimum atomic E-state index is -0.594. The summed E-state index contributed by atoms with van der Waals surface area (Å²) in [6.07, 6.45) is 0. The SMILES string of the molecule is CC(C)[C@H](N)C(=O)NC(C)(C)CO. The van der Waals surface area contributed by atoms with Gasteiger partial charge in [-0.2, -0.15) is 0 Å². The van der Waals surface area contributed by atoms with E-state index in [2.05, 4.69) is 5.32 Å². The summed E-state index contributed by atoms with van der Waals surface area (Å²) in [4.78, 5) is 11.4. The second kappa shape index (κ2) is 4.58. The van der Waals surface area contributed by atoms with Gasteiger partial charge in [0.15, 0.2) is 0 Å². The third-order valence-corrected chi connectivity index (χ3v) is 1.88. The summed E-state index contributed by atoms with van der Waals surface area (Å²) in [5, 5.41) is 11.6. The monoisotopic (exact) mass is 188 g/mol. The molecular weight excluding hydrogens is 168 g/mol. The second-order valence-electron chi connectivity index (χ2n) is 4.30. The van der Waals surface area contributed by atoms with Crippen LogP contribution in [-0.4, -0.2) is 29.2 Å². The molecule has 13 heavy (non-hydrogen) atoms. The molecule has 0 aliphatic carbocycles. The molecule has 0 bridgehead atoms. The highest BCUT2D eigenvalue weighted by Gasteiger charge is 2.24. The summed E-state index contributed by atoms with van der Waals surface area (Å²) in [7, 11) is 0. The van der Waals surface area contributed by atoms with Gasteiger partial charge in [-0.05, 0) is 19.8 Å². The van der Waals surface area contributed by atoms with Crippen LogP contribution in [0.5, 0.6) is 0 Å². The van der Waals surface area contributed by atoms with Crippen molar-refractivity contribution < 1.29 is 9.90 Å². The first kappa shape index (κ1) is 12.4. The third-order valence-electron chi connectivity index (χ3n) is 1.88. The highest BCUT2D eigenvalue weighted by atomic mass is 16.3. The molecule has 4 N–H and O–H groups in total. The minimum absolute atomic E-state index is 0.0937. The molecule has 0 unspecified atom stereocenters. The molecule has 0 aromatic rings. The molecule has 1 amide bonds. The number of hydrogen-bond acceptors (Lipinski definition) is 3. The maximum Gasteiger partial charge on any atom is 0.237 e. The van der Waals surface area contributed by atoms with Crippen LogP contribution < -0.4 is 11.1 Å². The molecule has 0 rings (SSSR count). The van der Waals surface area contributed by atoms with E-state index in [9.17, 15) is 4.79 Å². The molecule has 0 aromatic heterocycles. The van der Waals surface area contributed by atoms with Crippen LogP contribution in [0.1, 0.15) is 27.7 Å². The van der Waals surface area contributed by atoms with E-state index in [0.717, 1.165) is 0 Å². The topological polar surface area (TPSA) is 75.4 Å². The first-order valence-electron chi connectivity index (χ1n) is 4.48. The van der Waals surface area contributed by atoms with Gasteiger partial charge < -0.3 is 16.2 Å². The average Bonchev–Trinajstić information content (AvgIpc) is 2.02. The zero-order valence-corrected chi connectivity index (χ0v) is 8.79. The molecule has 4 nitrogen and oxygen atoms in total. The lowest BCUT2D eigenvalue weighted by Crippen LogP contribution is -2.53.